The van der Waals surface area contributed by atoms with Gasteiger partial charge in [-0.3, -0.25) is 9.69 Å². The molecule has 2 aromatic rings. The molecule has 2 unspecified atom stereocenters. The Morgan fingerprint density at radius 1 is 1.04 bits per heavy atom. The molecular weight excluding hydrogens is 322 g/mol. The van der Waals surface area contributed by atoms with Gasteiger partial charge >= 0.3 is 0 Å². The zero-order valence-electron chi connectivity index (χ0n) is 13.9. The molecule has 1 aromatic heterocycles. The summed E-state index contributed by atoms with van der Waals surface area (Å²) in [4.78, 5) is 18.3. The van der Waals surface area contributed by atoms with Gasteiger partial charge < -0.3 is 0 Å². The maximum atomic E-state index is 13.8. The van der Waals surface area contributed by atoms with Crippen molar-refractivity contribution in [3.05, 3.63) is 65.5 Å². The SMILES string of the molecule is O=C(c1ccc(F)nc1F)C1CC2CCC(C1)N2Cc1ccccc1. The molecule has 2 atom stereocenters. The van der Waals surface area contributed by atoms with Gasteiger partial charge in [-0.25, -0.2) is 0 Å². The van der Waals surface area contributed by atoms with E-state index in [9.17, 15) is 13.6 Å². The fraction of sp³-hybridized carbons (Fsp3) is 0.400. The lowest BCUT2D eigenvalue weighted by atomic mass is 9.85. The highest BCUT2D eigenvalue weighted by Crippen LogP contribution is 2.40. The third-order valence-electron chi connectivity index (χ3n) is 5.54. The van der Waals surface area contributed by atoms with Crippen molar-refractivity contribution in [2.24, 2.45) is 5.92 Å². The first kappa shape index (κ1) is 16.3. The number of rotatable bonds is 4. The van der Waals surface area contributed by atoms with E-state index in [-0.39, 0.29) is 17.3 Å². The first-order chi connectivity index (χ1) is 12.1. The molecule has 0 spiro atoms. The molecule has 1 aromatic carbocycles. The van der Waals surface area contributed by atoms with Gasteiger partial charge in [-0.1, -0.05) is 30.3 Å². The van der Waals surface area contributed by atoms with Crippen LogP contribution >= 0.6 is 0 Å². The number of fused-ring (bicyclic) bond motifs is 2. The van der Waals surface area contributed by atoms with E-state index in [1.165, 1.54) is 11.6 Å². The number of halogens is 2. The fourth-order valence-electron chi connectivity index (χ4n) is 4.36. The highest BCUT2D eigenvalue weighted by Gasteiger charge is 2.43. The molecule has 2 aliphatic heterocycles. The number of carbonyl (C=O) groups is 1. The summed E-state index contributed by atoms with van der Waals surface area (Å²) in [6, 6.07) is 13.3. The van der Waals surface area contributed by atoms with Crippen LogP contribution in [0, 0.1) is 17.8 Å². The van der Waals surface area contributed by atoms with Gasteiger partial charge in [0.05, 0.1) is 5.56 Å². The lowest BCUT2D eigenvalue weighted by molar-refractivity contribution is 0.0673. The maximum absolute atomic E-state index is 13.8. The van der Waals surface area contributed by atoms with Gasteiger partial charge in [0, 0.05) is 24.5 Å². The molecule has 3 heterocycles. The largest absolute Gasteiger partial charge is 0.294 e. The molecule has 130 valence electrons. The van der Waals surface area contributed by atoms with Gasteiger partial charge in [0.1, 0.15) is 0 Å². The summed E-state index contributed by atoms with van der Waals surface area (Å²) in [5, 5.41) is 0. The van der Waals surface area contributed by atoms with Crippen molar-refractivity contribution >= 4 is 5.78 Å². The Labute approximate surface area is 145 Å². The average molecular weight is 342 g/mol. The number of piperidine rings is 1. The van der Waals surface area contributed by atoms with Crippen LogP contribution in [0.5, 0.6) is 0 Å². The second-order valence-corrected chi connectivity index (χ2v) is 7.05. The Morgan fingerprint density at radius 2 is 1.72 bits per heavy atom. The van der Waals surface area contributed by atoms with E-state index < -0.39 is 11.9 Å². The van der Waals surface area contributed by atoms with Crippen molar-refractivity contribution in [1.82, 2.24) is 9.88 Å². The standard InChI is InChI=1S/C20H20F2N2O/c21-18-9-8-17(20(22)23-18)19(25)14-10-15-6-7-16(11-14)24(15)12-13-4-2-1-3-5-13/h1-5,8-9,14-16H,6-7,10-12H2. The first-order valence-electron chi connectivity index (χ1n) is 8.78. The van der Waals surface area contributed by atoms with Gasteiger partial charge in [-0.05, 0) is 43.4 Å². The Bertz CT molecular complexity index is 767. The summed E-state index contributed by atoms with van der Waals surface area (Å²) >= 11 is 0. The molecule has 0 radical (unpaired) electrons. The maximum Gasteiger partial charge on any atom is 0.226 e. The third kappa shape index (κ3) is 3.21. The van der Waals surface area contributed by atoms with Gasteiger partial charge in [0.15, 0.2) is 5.78 Å². The second kappa shape index (κ2) is 6.64. The van der Waals surface area contributed by atoms with E-state index in [4.69, 9.17) is 0 Å². The number of aromatic nitrogens is 1. The Hall–Kier alpha value is -2.14. The fourth-order valence-corrected chi connectivity index (χ4v) is 4.36. The minimum Gasteiger partial charge on any atom is -0.294 e. The van der Waals surface area contributed by atoms with Crippen molar-refractivity contribution in [3.63, 3.8) is 0 Å². The predicted molar refractivity (Wildman–Crippen MR) is 90.0 cm³/mol. The lowest BCUT2D eigenvalue weighted by Gasteiger charge is -2.38. The van der Waals surface area contributed by atoms with Crippen LogP contribution in [0.1, 0.15) is 41.6 Å². The van der Waals surface area contributed by atoms with Gasteiger partial charge in [-0.2, -0.15) is 13.8 Å². The Balaban J connectivity index is 1.48. The number of Topliss-reactive ketones (excluding diaryl/α,β-unsaturated/α-hetero) is 1. The number of hydrogen-bond donors (Lipinski definition) is 0. The monoisotopic (exact) mass is 342 g/mol. The summed E-state index contributed by atoms with van der Waals surface area (Å²) in [5.41, 5.74) is 1.19. The zero-order valence-corrected chi connectivity index (χ0v) is 13.9. The molecule has 25 heavy (non-hydrogen) atoms. The molecule has 0 N–H and O–H groups in total. The van der Waals surface area contributed by atoms with E-state index in [1.54, 1.807) is 0 Å². The summed E-state index contributed by atoms with van der Waals surface area (Å²) in [6.07, 6.45) is 3.62. The molecule has 2 fully saturated rings. The molecule has 2 aliphatic rings. The number of hydrogen-bond acceptors (Lipinski definition) is 3. The molecule has 0 aliphatic carbocycles. The smallest absolute Gasteiger partial charge is 0.226 e. The van der Waals surface area contributed by atoms with Crippen LogP contribution in [0.3, 0.4) is 0 Å². The van der Waals surface area contributed by atoms with Crippen LogP contribution in [-0.4, -0.2) is 27.8 Å². The van der Waals surface area contributed by atoms with Crippen molar-refractivity contribution < 1.29 is 13.6 Å². The quantitative estimate of drug-likeness (QED) is 0.622. The van der Waals surface area contributed by atoms with Crippen LogP contribution in [0.2, 0.25) is 0 Å². The average Bonchev–Trinajstić information content (AvgIpc) is 2.83. The van der Waals surface area contributed by atoms with E-state index in [0.717, 1.165) is 38.3 Å². The van der Waals surface area contributed by atoms with Gasteiger partial charge in [-0.15, -0.1) is 0 Å². The summed E-state index contributed by atoms with van der Waals surface area (Å²) < 4.78 is 26.8. The van der Waals surface area contributed by atoms with Crippen LogP contribution in [0.25, 0.3) is 0 Å². The molecule has 4 rings (SSSR count). The highest BCUT2D eigenvalue weighted by atomic mass is 19.1. The van der Waals surface area contributed by atoms with Gasteiger partial charge in [0.25, 0.3) is 0 Å². The molecule has 0 amide bonds. The molecule has 3 nitrogen and oxygen atoms in total. The van der Waals surface area contributed by atoms with E-state index in [0.29, 0.717) is 12.1 Å². The number of pyridine rings is 1. The first-order valence-corrected chi connectivity index (χ1v) is 8.78. The molecular formula is C20H20F2N2O. The minimum absolute atomic E-state index is 0.0812. The van der Waals surface area contributed by atoms with Crippen LogP contribution in [0.4, 0.5) is 8.78 Å². The number of carbonyl (C=O) groups excluding carboxylic acids is 1. The minimum atomic E-state index is -0.996. The molecule has 2 bridgehead atoms. The molecule has 0 saturated carbocycles. The lowest BCUT2D eigenvalue weighted by Crippen LogP contribution is -2.44. The van der Waals surface area contributed by atoms with Crippen molar-refractivity contribution in [1.29, 1.82) is 0 Å². The van der Waals surface area contributed by atoms with Crippen LogP contribution < -0.4 is 0 Å². The van der Waals surface area contributed by atoms with Crippen molar-refractivity contribution in [2.75, 3.05) is 0 Å². The predicted octanol–water partition coefficient (Wildman–Crippen LogP) is 3.99. The van der Waals surface area contributed by atoms with Crippen molar-refractivity contribution in [3.8, 4) is 0 Å². The second-order valence-electron chi connectivity index (χ2n) is 7.05. The Morgan fingerprint density at radius 3 is 2.36 bits per heavy atom. The molecule has 5 heteroatoms. The number of ketones is 1. The summed E-state index contributed by atoms with van der Waals surface area (Å²) in [5.74, 6) is -2.33. The zero-order chi connectivity index (χ0) is 17.4. The van der Waals surface area contributed by atoms with Gasteiger partial charge in [0.2, 0.25) is 11.9 Å². The molecule has 2 saturated heterocycles. The van der Waals surface area contributed by atoms with Crippen molar-refractivity contribution in [2.45, 2.75) is 44.3 Å². The number of nitrogens with zero attached hydrogens (tertiary/aromatic N) is 2. The van der Waals surface area contributed by atoms with Crippen LogP contribution in [-0.2, 0) is 6.54 Å². The summed E-state index contributed by atoms with van der Waals surface area (Å²) in [6.45, 7) is 0.892. The summed E-state index contributed by atoms with van der Waals surface area (Å²) in [7, 11) is 0. The highest BCUT2D eigenvalue weighted by molar-refractivity contribution is 5.98. The normalized spacial score (nSPS) is 25.9. The topological polar surface area (TPSA) is 33.2 Å². The third-order valence-corrected chi connectivity index (χ3v) is 5.54. The number of benzene rings is 1. The van der Waals surface area contributed by atoms with E-state index in [2.05, 4.69) is 22.0 Å². The van der Waals surface area contributed by atoms with Crippen LogP contribution in [0.15, 0.2) is 42.5 Å². The van der Waals surface area contributed by atoms with E-state index >= 15 is 0 Å². The van der Waals surface area contributed by atoms with E-state index in [1.807, 2.05) is 18.2 Å². The Kier molecular flexibility index (Phi) is 4.34.